The van der Waals surface area contributed by atoms with Crippen LogP contribution < -0.4 is 5.73 Å². The van der Waals surface area contributed by atoms with Crippen LogP contribution in [0.1, 0.15) is 103 Å². The molecule has 62 heavy (non-hydrogen) atoms. The normalized spacial score (nSPS) is 42.8. The molecule has 2 aromatic rings. The zero-order valence-corrected chi connectivity index (χ0v) is 36.3. The quantitative estimate of drug-likeness (QED) is 0.310. The molecule has 9 aliphatic heterocycles. The maximum absolute atomic E-state index is 16.1. The minimum atomic E-state index is -1.04. The van der Waals surface area contributed by atoms with E-state index in [1.165, 1.54) is 45.4 Å². The SMILES string of the molecule is C[C@@H]1CC2=C3[C@H]4C5=C6C=C(Cc7cccc8c7C=C[C@H](CC8)C[C@H]7[C@]68C(=O)O/C(=C/C[C@H](C)N6C[C@@H]9C[C@H](C6)[C@H](C=C2)N3C9)[C@@]8(CC5)[C@]72OC(=O)c3c(CCCN)cccc32)[C@@H]41. The van der Waals surface area contributed by atoms with E-state index in [1.54, 1.807) is 5.70 Å². The standard InChI is InChI=1S/C55H59N3O4/c1-30-22-37-15-17-44-39-23-33-27-57(29-39)31(2)11-18-46-53-20-19-41-43-26-38(47(30)49(41)50(37)58(44)28-33)25-36-8-3-6-34-14-12-32(13-16-40(34)36)24-45(54(43,53)52(60)61-46)55(53)42-10-4-7-35(9-5-21-56)48(42)51(59)62-55/h3-4,6-8,10,13,15-18,26,30-33,39,44-45,47,49H,5,9,11-12,14,19-25,27-29,56H2,1-2H3/b46-18+/t30-,31+,32+,33+,39-,44+,45+,47+,49+,53-,54+,55-/m1/s1. The van der Waals surface area contributed by atoms with E-state index in [0.717, 1.165) is 101 Å². The molecule has 7 nitrogen and oxygen atoms in total. The highest BCUT2D eigenvalue weighted by molar-refractivity contribution is 6.00. The van der Waals surface area contributed by atoms with Crippen molar-refractivity contribution in [3.8, 4) is 0 Å². The Morgan fingerprint density at radius 2 is 1.85 bits per heavy atom. The monoisotopic (exact) mass is 825 g/mol. The van der Waals surface area contributed by atoms with Gasteiger partial charge in [0.15, 0.2) is 5.60 Å². The summed E-state index contributed by atoms with van der Waals surface area (Å²) in [5.74, 6) is 2.53. The fourth-order valence-electron chi connectivity index (χ4n) is 17.1. The summed E-state index contributed by atoms with van der Waals surface area (Å²) in [4.78, 5) is 36.7. The molecule has 318 valence electrons. The zero-order valence-electron chi connectivity index (χ0n) is 36.3. The average molecular weight is 826 g/mol. The second kappa shape index (κ2) is 12.6. The number of esters is 2. The number of benzene rings is 2. The number of fused-ring (bicyclic) bond motifs is 5. The van der Waals surface area contributed by atoms with Gasteiger partial charge in [0.05, 0.1) is 17.0 Å². The highest BCUT2D eigenvalue weighted by Crippen LogP contribution is 2.87. The lowest BCUT2D eigenvalue weighted by Crippen LogP contribution is -2.77. The van der Waals surface area contributed by atoms with Crippen LogP contribution >= 0.6 is 0 Å². The van der Waals surface area contributed by atoms with Crippen LogP contribution in [0.2, 0.25) is 0 Å². The summed E-state index contributed by atoms with van der Waals surface area (Å²) in [7, 11) is 0. The van der Waals surface area contributed by atoms with Crippen LogP contribution in [0.4, 0.5) is 0 Å². The van der Waals surface area contributed by atoms with E-state index in [2.05, 4.69) is 96.5 Å². The van der Waals surface area contributed by atoms with Gasteiger partial charge in [0.1, 0.15) is 11.2 Å². The van der Waals surface area contributed by atoms with Crippen molar-refractivity contribution in [3.63, 3.8) is 0 Å². The largest absolute Gasteiger partial charge is 0.449 e. The number of rotatable bonds is 3. The topological polar surface area (TPSA) is 85.1 Å². The minimum absolute atomic E-state index is 0.110. The summed E-state index contributed by atoms with van der Waals surface area (Å²) in [6.07, 6.45) is 24.8. The lowest BCUT2D eigenvalue weighted by atomic mass is 9.28. The van der Waals surface area contributed by atoms with E-state index in [0.29, 0.717) is 41.8 Å². The lowest BCUT2D eigenvalue weighted by Gasteiger charge is -2.71. The first-order valence-corrected chi connectivity index (χ1v) is 24.4. The van der Waals surface area contributed by atoms with Crippen LogP contribution in [0.3, 0.4) is 0 Å². The molecule has 15 aliphatic rings. The number of piperidine rings is 2. The molecule has 13 atom stereocenters. The van der Waals surface area contributed by atoms with E-state index in [4.69, 9.17) is 15.2 Å². The molecule has 1 saturated carbocycles. The molecular formula is C55H59N3O4. The van der Waals surface area contributed by atoms with Gasteiger partial charge in [-0.1, -0.05) is 84.8 Å². The summed E-state index contributed by atoms with van der Waals surface area (Å²) < 4.78 is 14.3. The molecule has 4 fully saturated rings. The van der Waals surface area contributed by atoms with Gasteiger partial charge in [-0.05, 0) is 153 Å². The Kier molecular flexibility index (Phi) is 7.53. The molecule has 3 spiro atoms. The number of ether oxygens (including phenoxy) is 2. The molecule has 6 aliphatic carbocycles. The van der Waals surface area contributed by atoms with Gasteiger partial charge in [0, 0.05) is 48.8 Å². The molecule has 0 amide bonds. The molecule has 2 N–H and O–H groups in total. The molecule has 1 unspecified atom stereocenters. The van der Waals surface area contributed by atoms with Crippen LogP contribution in [0.5, 0.6) is 0 Å². The van der Waals surface area contributed by atoms with Crippen LogP contribution in [0.15, 0.2) is 101 Å². The predicted molar refractivity (Wildman–Crippen MR) is 238 cm³/mol. The number of aryl methyl sites for hydroxylation is 2. The van der Waals surface area contributed by atoms with Gasteiger partial charge in [-0.25, -0.2) is 4.79 Å². The maximum atomic E-state index is 16.1. The first-order valence-electron chi connectivity index (χ1n) is 24.4. The number of nitrogens with zero attached hydrogens (tertiary/aromatic N) is 2. The fourth-order valence-corrected chi connectivity index (χ4v) is 17.1. The summed E-state index contributed by atoms with van der Waals surface area (Å²) in [5, 5.41) is 0. The Balaban J connectivity index is 1.09. The summed E-state index contributed by atoms with van der Waals surface area (Å²) in [6, 6.07) is 14.1. The summed E-state index contributed by atoms with van der Waals surface area (Å²) >= 11 is 0. The van der Waals surface area contributed by atoms with Crippen LogP contribution in [-0.2, 0) is 39.1 Å². The van der Waals surface area contributed by atoms with E-state index >= 15 is 4.79 Å². The Labute approximate surface area is 365 Å². The Morgan fingerprint density at radius 1 is 0.968 bits per heavy atom. The summed E-state index contributed by atoms with van der Waals surface area (Å²) in [6.45, 7) is 8.75. The second-order valence-corrected chi connectivity index (χ2v) is 21.8. The molecule has 0 radical (unpaired) electrons. The Morgan fingerprint density at radius 3 is 2.76 bits per heavy atom. The van der Waals surface area contributed by atoms with Gasteiger partial charge < -0.3 is 20.1 Å². The number of nitrogens with two attached hydrogens (primary N) is 1. The van der Waals surface area contributed by atoms with E-state index in [9.17, 15) is 4.79 Å². The second-order valence-electron chi connectivity index (χ2n) is 21.8. The number of carbonyl (C=O) groups excluding carboxylic acids is 2. The molecule has 9 heterocycles. The molecule has 7 heteroatoms. The van der Waals surface area contributed by atoms with E-state index in [1.807, 2.05) is 0 Å². The van der Waals surface area contributed by atoms with E-state index in [-0.39, 0.29) is 35.7 Å². The number of allylic oxidation sites excluding steroid dienone is 6. The van der Waals surface area contributed by atoms with Gasteiger partial charge in [0.2, 0.25) is 0 Å². The maximum Gasteiger partial charge on any atom is 0.339 e. The van der Waals surface area contributed by atoms with Gasteiger partial charge >= 0.3 is 11.9 Å². The predicted octanol–water partition coefficient (Wildman–Crippen LogP) is 8.75. The third-order valence-corrected chi connectivity index (χ3v) is 19.2. The van der Waals surface area contributed by atoms with Crippen LogP contribution in [-0.4, -0.2) is 60.0 Å². The fraction of sp³-hybridized carbons (Fsp3) is 0.527. The van der Waals surface area contributed by atoms with Crippen molar-refractivity contribution in [2.45, 2.75) is 102 Å². The van der Waals surface area contributed by atoms with Crippen LogP contribution in [0.25, 0.3) is 6.08 Å². The van der Waals surface area contributed by atoms with Crippen molar-refractivity contribution in [1.82, 2.24) is 9.80 Å². The van der Waals surface area contributed by atoms with Gasteiger partial charge in [-0.15, -0.1) is 0 Å². The zero-order chi connectivity index (χ0) is 41.4. The highest BCUT2D eigenvalue weighted by atomic mass is 16.6. The molecule has 2 aromatic carbocycles. The van der Waals surface area contributed by atoms with Crippen molar-refractivity contribution in [2.24, 2.45) is 58.0 Å². The minimum Gasteiger partial charge on any atom is -0.449 e. The third-order valence-electron chi connectivity index (χ3n) is 19.2. The Bertz CT molecular complexity index is 2610. The first-order chi connectivity index (χ1) is 30.3. The molecule has 3 saturated heterocycles. The number of hydrogen-bond acceptors (Lipinski definition) is 7. The van der Waals surface area contributed by atoms with Crippen molar-refractivity contribution < 1.29 is 19.1 Å². The van der Waals surface area contributed by atoms with Crippen LogP contribution in [0, 0.1) is 52.3 Å². The van der Waals surface area contributed by atoms with Crippen molar-refractivity contribution in [3.05, 3.63) is 134 Å². The first kappa shape index (κ1) is 37.0. The molecule has 0 aromatic heterocycles. The highest BCUT2D eigenvalue weighted by Gasteiger charge is 2.93. The van der Waals surface area contributed by atoms with Gasteiger partial charge in [0.25, 0.3) is 0 Å². The van der Waals surface area contributed by atoms with Gasteiger partial charge in [-0.2, -0.15) is 0 Å². The molecule has 15 bridgehead atoms. The van der Waals surface area contributed by atoms with Crippen molar-refractivity contribution in [2.75, 3.05) is 26.2 Å². The third kappa shape index (κ3) is 4.28. The van der Waals surface area contributed by atoms with Crippen molar-refractivity contribution >= 4 is 18.0 Å². The molecular weight excluding hydrogens is 767 g/mol. The lowest BCUT2D eigenvalue weighted by molar-refractivity contribution is -0.277. The van der Waals surface area contributed by atoms with E-state index < -0.39 is 16.4 Å². The summed E-state index contributed by atoms with van der Waals surface area (Å²) in [5.41, 5.74) is 17.4. The smallest absolute Gasteiger partial charge is 0.339 e. The molecule has 17 rings (SSSR count). The Hall–Kier alpha value is -4.46. The van der Waals surface area contributed by atoms with Crippen molar-refractivity contribution in [1.29, 1.82) is 0 Å². The average Bonchev–Trinajstić information content (AvgIpc) is 3.60. The number of carbonyl (C=O) groups is 2. The number of hydrogen-bond donors (Lipinski definition) is 1. The van der Waals surface area contributed by atoms with Gasteiger partial charge in [-0.3, -0.25) is 9.69 Å².